The first kappa shape index (κ1) is 11.4. The highest BCUT2D eigenvalue weighted by atomic mass is 16.5. The van der Waals surface area contributed by atoms with E-state index in [0.29, 0.717) is 18.6 Å². The second-order valence-corrected chi connectivity index (χ2v) is 3.72. The van der Waals surface area contributed by atoms with Crippen LogP contribution in [0.2, 0.25) is 0 Å². The lowest BCUT2D eigenvalue weighted by atomic mass is 10.1. The largest absolute Gasteiger partial charge is 0.496 e. The Kier molecular flexibility index (Phi) is 3.23. The van der Waals surface area contributed by atoms with Crippen LogP contribution in [0.3, 0.4) is 0 Å². The number of aryl methyl sites for hydroxylation is 1. The summed E-state index contributed by atoms with van der Waals surface area (Å²) in [6, 6.07) is 5.89. The van der Waals surface area contributed by atoms with Gasteiger partial charge in [-0.05, 0) is 12.5 Å². The number of aromatic nitrogens is 1. The molecular weight excluding hydrogens is 218 g/mol. The Morgan fingerprint density at radius 3 is 2.94 bits per heavy atom. The summed E-state index contributed by atoms with van der Waals surface area (Å²) in [7, 11) is 1.64. The molecule has 0 aliphatic heterocycles. The summed E-state index contributed by atoms with van der Waals surface area (Å²) in [6.07, 6.45) is 2.58. The first-order chi connectivity index (χ1) is 8.24. The number of carbonyl (C=O) groups excluding carboxylic acids is 1. The topological polar surface area (TPSA) is 52.3 Å². The lowest BCUT2D eigenvalue weighted by Gasteiger charge is -2.09. The second-order valence-electron chi connectivity index (χ2n) is 3.72. The van der Waals surface area contributed by atoms with Crippen molar-refractivity contribution in [2.75, 3.05) is 7.11 Å². The number of carbonyl (C=O) groups is 1. The van der Waals surface area contributed by atoms with E-state index < -0.39 is 0 Å². The number of benzene rings is 1. The summed E-state index contributed by atoms with van der Waals surface area (Å²) in [5.74, 6) is 1.58. The minimum absolute atomic E-state index is 0.242. The molecule has 4 nitrogen and oxygen atoms in total. The molecule has 0 saturated carbocycles. The van der Waals surface area contributed by atoms with Gasteiger partial charge in [0.2, 0.25) is 0 Å². The molecule has 0 fully saturated rings. The van der Waals surface area contributed by atoms with Gasteiger partial charge in [-0.3, -0.25) is 4.79 Å². The molecule has 0 bridgehead atoms. The highest BCUT2D eigenvalue weighted by Crippen LogP contribution is 2.25. The van der Waals surface area contributed by atoms with Gasteiger partial charge < -0.3 is 9.15 Å². The minimum Gasteiger partial charge on any atom is -0.496 e. The van der Waals surface area contributed by atoms with Gasteiger partial charge in [-0.25, -0.2) is 4.98 Å². The molecule has 88 valence electrons. The first-order valence-corrected chi connectivity index (χ1v) is 5.27. The van der Waals surface area contributed by atoms with Gasteiger partial charge in [0.05, 0.1) is 19.7 Å². The third-order valence-corrected chi connectivity index (χ3v) is 2.53. The van der Waals surface area contributed by atoms with Crippen molar-refractivity contribution < 1.29 is 13.9 Å². The number of hydrogen-bond acceptors (Lipinski definition) is 4. The zero-order valence-electron chi connectivity index (χ0n) is 9.77. The molecule has 0 saturated heterocycles. The van der Waals surface area contributed by atoms with Crippen molar-refractivity contribution in [1.82, 2.24) is 4.98 Å². The maximum Gasteiger partial charge on any atom is 0.199 e. The number of methoxy groups -OCH3 is 1. The van der Waals surface area contributed by atoms with E-state index >= 15 is 0 Å². The molecule has 1 aromatic carbocycles. The number of rotatable bonds is 4. The van der Waals surface area contributed by atoms with Crippen molar-refractivity contribution in [2.45, 2.75) is 13.3 Å². The molecule has 1 aromatic heterocycles. The Morgan fingerprint density at radius 1 is 1.47 bits per heavy atom. The summed E-state index contributed by atoms with van der Waals surface area (Å²) < 4.78 is 10.6. The fourth-order valence-electron chi connectivity index (χ4n) is 1.77. The lowest BCUT2D eigenvalue weighted by molar-refractivity contribution is 0.109. The number of aldehydes is 1. The Bertz CT molecular complexity index is 531. The van der Waals surface area contributed by atoms with Crippen molar-refractivity contribution >= 4 is 6.29 Å². The van der Waals surface area contributed by atoms with E-state index in [-0.39, 0.29) is 5.76 Å². The van der Waals surface area contributed by atoms with Crippen LogP contribution in [-0.4, -0.2) is 18.4 Å². The number of para-hydroxylation sites is 1. The number of nitrogens with zero attached hydrogens (tertiary/aromatic N) is 1. The highest BCUT2D eigenvalue weighted by molar-refractivity contribution is 5.69. The maximum absolute atomic E-state index is 10.5. The molecule has 0 N–H and O–H groups in total. The van der Waals surface area contributed by atoms with E-state index in [4.69, 9.17) is 9.15 Å². The van der Waals surface area contributed by atoms with Crippen LogP contribution in [0.15, 0.2) is 28.8 Å². The summed E-state index contributed by atoms with van der Waals surface area (Å²) in [5.41, 5.74) is 2.05. The van der Waals surface area contributed by atoms with Crippen molar-refractivity contribution in [3.63, 3.8) is 0 Å². The molecule has 0 amide bonds. The molecule has 0 aliphatic rings. The van der Waals surface area contributed by atoms with Crippen LogP contribution >= 0.6 is 0 Å². The number of hydrogen-bond donors (Lipinski definition) is 0. The van der Waals surface area contributed by atoms with Crippen molar-refractivity contribution in [3.05, 3.63) is 47.2 Å². The third-order valence-electron chi connectivity index (χ3n) is 2.53. The Labute approximate surface area is 99.2 Å². The molecule has 2 rings (SSSR count). The van der Waals surface area contributed by atoms with Gasteiger partial charge in [0.15, 0.2) is 17.9 Å². The van der Waals surface area contributed by atoms with Crippen molar-refractivity contribution in [1.29, 1.82) is 0 Å². The van der Waals surface area contributed by atoms with Gasteiger partial charge in [0.25, 0.3) is 0 Å². The molecule has 0 aliphatic carbocycles. The summed E-state index contributed by atoms with van der Waals surface area (Å²) in [5, 5.41) is 0. The maximum atomic E-state index is 10.5. The predicted octanol–water partition coefficient (Wildman–Crippen LogP) is 2.39. The van der Waals surface area contributed by atoms with Crippen LogP contribution in [0.4, 0.5) is 0 Å². The molecule has 0 spiro atoms. The average Bonchev–Trinajstić information content (AvgIpc) is 2.77. The highest BCUT2D eigenvalue weighted by Gasteiger charge is 2.10. The van der Waals surface area contributed by atoms with Crippen LogP contribution in [0.25, 0.3) is 0 Å². The number of oxazole rings is 1. The molecule has 0 atom stereocenters. The first-order valence-electron chi connectivity index (χ1n) is 5.27. The lowest BCUT2D eigenvalue weighted by Crippen LogP contribution is -1.96. The quantitative estimate of drug-likeness (QED) is 0.758. The Hall–Kier alpha value is -2.10. The molecule has 0 unspecified atom stereocenters. The summed E-state index contributed by atoms with van der Waals surface area (Å²) in [6.45, 7) is 1.98. The monoisotopic (exact) mass is 231 g/mol. The molecule has 0 radical (unpaired) electrons. The van der Waals surface area contributed by atoms with Crippen LogP contribution < -0.4 is 4.74 Å². The Morgan fingerprint density at radius 2 is 2.29 bits per heavy atom. The van der Waals surface area contributed by atoms with E-state index in [1.54, 1.807) is 7.11 Å². The summed E-state index contributed by atoms with van der Waals surface area (Å²) >= 11 is 0. The fourth-order valence-corrected chi connectivity index (χ4v) is 1.77. The van der Waals surface area contributed by atoms with Crippen LogP contribution in [0.5, 0.6) is 5.75 Å². The van der Waals surface area contributed by atoms with E-state index in [9.17, 15) is 4.79 Å². The van der Waals surface area contributed by atoms with Crippen LogP contribution in [0.1, 0.15) is 27.6 Å². The van der Waals surface area contributed by atoms with E-state index in [2.05, 4.69) is 4.98 Å². The molecule has 17 heavy (non-hydrogen) atoms. The van der Waals surface area contributed by atoms with Crippen molar-refractivity contribution in [3.8, 4) is 5.75 Å². The smallest absolute Gasteiger partial charge is 0.199 e. The molecule has 4 heteroatoms. The Balaban J connectivity index is 2.29. The van der Waals surface area contributed by atoms with Gasteiger partial charge in [-0.2, -0.15) is 0 Å². The average molecular weight is 231 g/mol. The number of ether oxygens (including phenoxy) is 1. The second kappa shape index (κ2) is 4.82. The van der Waals surface area contributed by atoms with Gasteiger partial charge in [0.1, 0.15) is 5.75 Å². The van der Waals surface area contributed by atoms with Gasteiger partial charge in [-0.15, -0.1) is 0 Å². The third kappa shape index (κ3) is 2.36. The fraction of sp³-hybridized carbons (Fsp3) is 0.231. The van der Waals surface area contributed by atoms with E-state index in [1.165, 1.54) is 6.20 Å². The predicted molar refractivity (Wildman–Crippen MR) is 62.4 cm³/mol. The normalized spacial score (nSPS) is 10.2. The van der Waals surface area contributed by atoms with Crippen LogP contribution in [-0.2, 0) is 6.42 Å². The van der Waals surface area contributed by atoms with Gasteiger partial charge in [0, 0.05) is 5.56 Å². The molecule has 1 heterocycles. The van der Waals surface area contributed by atoms with Gasteiger partial charge >= 0.3 is 0 Å². The van der Waals surface area contributed by atoms with E-state index in [1.807, 2.05) is 25.1 Å². The van der Waals surface area contributed by atoms with Crippen LogP contribution in [0, 0.1) is 6.92 Å². The zero-order valence-corrected chi connectivity index (χ0v) is 9.77. The molecular formula is C13H13NO3. The standard InChI is InChI=1S/C13H13NO3/c1-9-4-3-5-10(13(9)16-2)6-12-14-7-11(8-15)17-12/h3-5,7-8H,6H2,1-2H3. The van der Waals surface area contributed by atoms with Gasteiger partial charge in [-0.1, -0.05) is 18.2 Å². The van der Waals surface area contributed by atoms with E-state index in [0.717, 1.165) is 16.9 Å². The van der Waals surface area contributed by atoms with Crippen molar-refractivity contribution in [2.24, 2.45) is 0 Å². The SMILES string of the molecule is COc1c(C)cccc1Cc1ncc(C=O)o1. The zero-order chi connectivity index (χ0) is 12.3. The summed E-state index contributed by atoms with van der Waals surface area (Å²) in [4.78, 5) is 14.5. The minimum atomic E-state index is 0.242. The molecule has 2 aromatic rings.